The first-order valence-corrected chi connectivity index (χ1v) is 7.30. The van der Waals surface area contributed by atoms with Crippen molar-refractivity contribution in [3.8, 4) is 11.4 Å². The van der Waals surface area contributed by atoms with E-state index in [9.17, 15) is 9.90 Å². The Kier molecular flexibility index (Phi) is 8.63. The zero-order chi connectivity index (χ0) is 16.4. The molecule has 1 unspecified atom stereocenters. The van der Waals surface area contributed by atoms with Crippen molar-refractivity contribution in [1.82, 2.24) is 19.5 Å². The topological polar surface area (TPSA) is 107 Å². The molecule has 0 bridgehead atoms. The van der Waals surface area contributed by atoms with Gasteiger partial charge in [-0.2, -0.15) is 0 Å². The van der Waals surface area contributed by atoms with Gasteiger partial charge in [0, 0.05) is 24.5 Å². The number of nitrogens with two attached hydrogens (primary N) is 1. The fourth-order valence-corrected chi connectivity index (χ4v) is 2.48. The molecule has 0 saturated carbocycles. The molecular weight excluding hydrogens is 377 g/mol. The first-order valence-electron chi connectivity index (χ1n) is 6.92. The summed E-state index contributed by atoms with van der Waals surface area (Å²) < 4.78 is 1.64. The van der Waals surface area contributed by atoms with Crippen LogP contribution in [0, 0.1) is 6.92 Å². The van der Waals surface area contributed by atoms with Crippen LogP contribution in [0.15, 0.2) is 6.20 Å². The molecule has 3 N–H and O–H groups in total. The third-order valence-electron chi connectivity index (χ3n) is 3.24. The van der Waals surface area contributed by atoms with E-state index in [1.54, 1.807) is 10.8 Å². The van der Waals surface area contributed by atoms with Gasteiger partial charge in [0.25, 0.3) is 0 Å². The summed E-state index contributed by atoms with van der Waals surface area (Å²) in [6, 6.07) is -0.194. The summed E-state index contributed by atoms with van der Waals surface area (Å²) >= 11 is 5.86. The van der Waals surface area contributed by atoms with E-state index in [0.717, 1.165) is 11.3 Å². The summed E-state index contributed by atoms with van der Waals surface area (Å²) in [5.74, 6) is -1.14. The lowest BCUT2D eigenvalue weighted by Gasteiger charge is -2.12. The van der Waals surface area contributed by atoms with Gasteiger partial charge in [-0.15, -0.1) is 24.8 Å². The molecule has 0 aliphatic heterocycles. The van der Waals surface area contributed by atoms with E-state index in [2.05, 4.69) is 15.0 Å². The number of carboxylic acids is 1. The molecule has 24 heavy (non-hydrogen) atoms. The Morgan fingerprint density at radius 1 is 1.38 bits per heavy atom. The van der Waals surface area contributed by atoms with Gasteiger partial charge in [0.2, 0.25) is 11.1 Å². The van der Waals surface area contributed by atoms with Gasteiger partial charge in [0.05, 0.1) is 5.69 Å². The number of carboxylic acid groups (broad SMARTS) is 1. The molecule has 0 aliphatic rings. The summed E-state index contributed by atoms with van der Waals surface area (Å²) in [7, 11) is 0. The van der Waals surface area contributed by atoms with Gasteiger partial charge in [-0.1, -0.05) is 6.92 Å². The van der Waals surface area contributed by atoms with Crippen LogP contribution < -0.4 is 5.73 Å². The van der Waals surface area contributed by atoms with Crippen LogP contribution in [-0.2, 0) is 13.0 Å². The third-order valence-corrected chi connectivity index (χ3v) is 3.42. The van der Waals surface area contributed by atoms with Crippen LogP contribution in [-0.4, -0.2) is 36.6 Å². The zero-order valence-electron chi connectivity index (χ0n) is 13.5. The van der Waals surface area contributed by atoms with Gasteiger partial charge >= 0.3 is 5.97 Å². The molecule has 0 aliphatic carbocycles. The number of hydrogen-bond acceptors (Lipinski definition) is 5. The van der Waals surface area contributed by atoms with E-state index in [-0.39, 0.29) is 42.0 Å². The molecule has 2 aromatic rings. The second kappa shape index (κ2) is 9.17. The van der Waals surface area contributed by atoms with Crippen molar-refractivity contribution in [3.63, 3.8) is 0 Å². The summed E-state index contributed by atoms with van der Waals surface area (Å²) in [4.78, 5) is 23.9. The molecular formula is C14H20Cl3N5O2. The van der Waals surface area contributed by atoms with Gasteiger partial charge < -0.3 is 15.4 Å². The molecule has 1 atom stereocenters. The maximum atomic E-state index is 11.5. The highest BCUT2D eigenvalue weighted by Crippen LogP contribution is 2.27. The highest BCUT2D eigenvalue weighted by Gasteiger charge is 2.24. The minimum atomic E-state index is -1.10. The van der Waals surface area contributed by atoms with E-state index in [1.165, 1.54) is 0 Å². The van der Waals surface area contributed by atoms with Crippen LogP contribution in [0.3, 0.4) is 0 Å². The Balaban J connectivity index is 0.00000264. The number of halogens is 3. The molecule has 2 rings (SSSR count). The Morgan fingerprint density at radius 2 is 2.00 bits per heavy atom. The lowest BCUT2D eigenvalue weighted by Crippen LogP contribution is -2.25. The maximum absolute atomic E-state index is 11.5. The number of aryl methyl sites for hydroxylation is 1. The Morgan fingerprint density at radius 3 is 2.50 bits per heavy atom. The number of hydrogen-bond donors (Lipinski definition) is 2. The molecule has 2 heterocycles. The predicted molar refractivity (Wildman–Crippen MR) is 97.5 cm³/mol. The van der Waals surface area contributed by atoms with Crippen molar-refractivity contribution in [1.29, 1.82) is 0 Å². The molecule has 0 aromatic carbocycles. The predicted octanol–water partition coefficient (Wildman–Crippen LogP) is 2.75. The number of aromatic nitrogens is 4. The highest BCUT2D eigenvalue weighted by molar-refractivity contribution is 6.28. The first-order chi connectivity index (χ1) is 10.3. The zero-order valence-corrected chi connectivity index (χ0v) is 15.9. The minimum Gasteiger partial charge on any atom is -0.475 e. The summed E-state index contributed by atoms with van der Waals surface area (Å²) in [6.07, 6.45) is 2.19. The maximum Gasteiger partial charge on any atom is 0.372 e. The standard InChI is InChI=1S/C14H18ClN5O2.2ClH/c1-4-9-11(10-7(2)5-17-14(15)19-10)18-12(13(21)22)20(9)6-8(3)16;;/h5,8H,4,6,16H2,1-3H3,(H,21,22);2*1H. The molecule has 0 spiro atoms. The van der Waals surface area contributed by atoms with E-state index >= 15 is 0 Å². The van der Waals surface area contributed by atoms with Gasteiger partial charge in [-0.3, -0.25) is 0 Å². The van der Waals surface area contributed by atoms with Crippen LogP contribution in [0.25, 0.3) is 11.4 Å². The van der Waals surface area contributed by atoms with Crippen LogP contribution in [0.4, 0.5) is 0 Å². The number of imidazole rings is 1. The van der Waals surface area contributed by atoms with E-state index in [4.69, 9.17) is 17.3 Å². The van der Waals surface area contributed by atoms with Crippen LogP contribution >= 0.6 is 36.4 Å². The van der Waals surface area contributed by atoms with Gasteiger partial charge in [0.15, 0.2) is 0 Å². The summed E-state index contributed by atoms with van der Waals surface area (Å²) in [5.41, 5.74) is 8.44. The van der Waals surface area contributed by atoms with E-state index < -0.39 is 5.97 Å². The van der Waals surface area contributed by atoms with Crippen LogP contribution in [0.5, 0.6) is 0 Å². The molecule has 2 aromatic heterocycles. The second-order valence-corrected chi connectivity index (χ2v) is 5.49. The molecule has 0 saturated heterocycles. The van der Waals surface area contributed by atoms with Crippen LogP contribution in [0.1, 0.15) is 35.7 Å². The molecule has 0 fully saturated rings. The Bertz CT molecular complexity index is 719. The van der Waals surface area contributed by atoms with Gasteiger partial charge in [-0.25, -0.2) is 19.7 Å². The summed E-state index contributed by atoms with van der Waals surface area (Å²) in [5, 5.41) is 9.50. The fourth-order valence-electron chi connectivity index (χ4n) is 2.34. The average Bonchev–Trinajstić information content (AvgIpc) is 2.79. The van der Waals surface area contributed by atoms with Crippen molar-refractivity contribution in [2.75, 3.05) is 0 Å². The Labute approximate surface area is 157 Å². The van der Waals surface area contributed by atoms with Crippen molar-refractivity contribution in [3.05, 3.63) is 28.6 Å². The number of carbonyl (C=O) groups is 1. The largest absolute Gasteiger partial charge is 0.475 e. The van der Waals surface area contributed by atoms with Crippen molar-refractivity contribution in [2.24, 2.45) is 5.73 Å². The monoisotopic (exact) mass is 395 g/mol. The van der Waals surface area contributed by atoms with Crippen molar-refractivity contribution >= 4 is 42.4 Å². The first kappa shape index (κ1) is 22.6. The molecule has 0 amide bonds. The molecule has 0 radical (unpaired) electrons. The van der Waals surface area contributed by atoms with Gasteiger partial charge in [0.1, 0.15) is 5.69 Å². The lowest BCUT2D eigenvalue weighted by molar-refractivity contribution is 0.0677. The van der Waals surface area contributed by atoms with Crippen molar-refractivity contribution in [2.45, 2.75) is 39.8 Å². The van der Waals surface area contributed by atoms with Crippen LogP contribution in [0.2, 0.25) is 5.28 Å². The number of nitrogens with zero attached hydrogens (tertiary/aromatic N) is 4. The SMILES string of the molecule is CCc1c(-c2nc(Cl)ncc2C)nc(C(=O)O)n1CC(C)N.Cl.Cl. The molecule has 7 nitrogen and oxygen atoms in total. The lowest BCUT2D eigenvalue weighted by atomic mass is 10.1. The normalized spacial score (nSPS) is 11.4. The second-order valence-electron chi connectivity index (χ2n) is 5.15. The highest BCUT2D eigenvalue weighted by atomic mass is 35.5. The summed E-state index contributed by atoms with van der Waals surface area (Å²) in [6.45, 7) is 5.95. The van der Waals surface area contributed by atoms with Gasteiger partial charge in [-0.05, 0) is 37.4 Å². The minimum absolute atomic E-state index is 0. The third kappa shape index (κ3) is 4.57. The van der Waals surface area contributed by atoms with E-state index in [0.29, 0.717) is 24.4 Å². The quantitative estimate of drug-likeness (QED) is 0.753. The van der Waals surface area contributed by atoms with Crippen molar-refractivity contribution < 1.29 is 9.90 Å². The molecule has 134 valence electrons. The number of rotatable bonds is 5. The Hall–Kier alpha value is -1.41. The fraction of sp³-hybridized carbons (Fsp3) is 0.429. The smallest absolute Gasteiger partial charge is 0.372 e. The van der Waals surface area contributed by atoms with E-state index in [1.807, 2.05) is 20.8 Å². The average molecular weight is 397 g/mol. The molecule has 10 heteroatoms. The number of aromatic carboxylic acids is 1.